The third-order valence-corrected chi connectivity index (χ3v) is 5.39. The quantitative estimate of drug-likeness (QED) is 0.769. The minimum atomic E-state index is -3.78. The van der Waals surface area contributed by atoms with Gasteiger partial charge in [-0.05, 0) is 31.5 Å². The molecule has 25 heavy (non-hydrogen) atoms. The van der Waals surface area contributed by atoms with Crippen molar-refractivity contribution < 1.29 is 17.9 Å². The Morgan fingerprint density at radius 1 is 1.08 bits per heavy atom. The van der Waals surface area contributed by atoms with E-state index >= 15 is 0 Å². The van der Waals surface area contributed by atoms with E-state index in [1.165, 1.54) is 0 Å². The highest BCUT2D eigenvalue weighted by Gasteiger charge is 2.31. The summed E-state index contributed by atoms with van der Waals surface area (Å²) in [5, 5.41) is 0. The summed E-state index contributed by atoms with van der Waals surface area (Å²) >= 11 is 0. The van der Waals surface area contributed by atoms with Crippen molar-refractivity contribution in [2.75, 3.05) is 6.61 Å². The molecule has 2 rings (SSSR count). The van der Waals surface area contributed by atoms with Crippen LogP contribution in [0.2, 0.25) is 0 Å². The van der Waals surface area contributed by atoms with Crippen molar-refractivity contribution in [2.45, 2.75) is 31.7 Å². The van der Waals surface area contributed by atoms with Crippen LogP contribution in [-0.4, -0.2) is 21.0 Å². The molecule has 5 nitrogen and oxygen atoms in total. The van der Waals surface area contributed by atoms with Crippen molar-refractivity contribution >= 4 is 16.0 Å². The predicted molar refractivity (Wildman–Crippen MR) is 96.5 cm³/mol. The summed E-state index contributed by atoms with van der Waals surface area (Å²) < 4.78 is 33.2. The van der Waals surface area contributed by atoms with Crippen LogP contribution in [0.25, 0.3) is 0 Å². The SMILES string of the molecule is CCOC(=O)[C@@H](C)[C@@H](NS(=O)(=O)c1ccc(C)cc1)c1ccccc1. The fraction of sp³-hybridized carbons (Fsp3) is 0.316. The van der Waals surface area contributed by atoms with Crippen molar-refractivity contribution in [1.82, 2.24) is 4.72 Å². The van der Waals surface area contributed by atoms with Crippen LogP contribution in [0.5, 0.6) is 0 Å². The molecule has 0 aliphatic rings. The summed E-state index contributed by atoms with van der Waals surface area (Å²) in [4.78, 5) is 12.3. The molecule has 0 heterocycles. The molecule has 0 fully saturated rings. The summed E-state index contributed by atoms with van der Waals surface area (Å²) in [6.45, 7) is 5.51. The number of rotatable bonds is 7. The van der Waals surface area contributed by atoms with Crippen LogP contribution < -0.4 is 4.72 Å². The third-order valence-electron chi connectivity index (χ3n) is 3.93. The van der Waals surface area contributed by atoms with Gasteiger partial charge in [0.1, 0.15) is 0 Å². The number of benzene rings is 2. The van der Waals surface area contributed by atoms with Crippen molar-refractivity contribution in [3.8, 4) is 0 Å². The van der Waals surface area contributed by atoms with Gasteiger partial charge in [-0.2, -0.15) is 0 Å². The van der Waals surface area contributed by atoms with Crippen LogP contribution in [0.1, 0.15) is 31.0 Å². The second-order valence-electron chi connectivity index (χ2n) is 5.86. The number of ether oxygens (including phenoxy) is 1. The molecule has 0 saturated carbocycles. The maximum Gasteiger partial charge on any atom is 0.310 e. The normalized spacial score (nSPS) is 13.9. The number of carbonyl (C=O) groups excluding carboxylic acids is 1. The van der Waals surface area contributed by atoms with Crippen LogP contribution in [0, 0.1) is 12.8 Å². The molecular weight excluding hydrogens is 338 g/mol. The minimum Gasteiger partial charge on any atom is -0.466 e. The van der Waals surface area contributed by atoms with Gasteiger partial charge in [0, 0.05) is 0 Å². The van der Waals surface area contributed by atoms with Crippen molar-refractivity contribution in [3.05, 3.63) is 65.7 Å². The molecule has 0 radical (unpaired) electrons. The first-order chi connectivity index (χ1) is 11.8. The molecule has 0 unspecified atom stereocenters. The fourth-order valence-corrected chi connectivity index (χ4v) is 3.79. The zero-order valence-electron chi connectivity index (χ0n) is 14.6. The molecule has 2 atom stereocenters. The van der Waals surface area contributed by atoms with E-state index in [2.05, 4.69) is 4.72 Å². The highest BCUT2D eigenvalue weighted by Crippen LogP contribution is 2.25. The molecule has 0 saturated heterocycles. The molecule has 0 aliphatic heterocycles. The zero-order chi connectivity index (χ0) is 18.4. The van der Waals surface area contributed by atoms with E-state index in [1.54, 1.807) is 62.4 Å². The van der Waals surface area contributed by atoms with Crippen LogP contribution in [0.15, 0.2) is 59.5 Å². The zero-order valence-corrected chi connectivity index (χ0v) is 15.4. The monoisotopic (exact) mass is 361 g/mol. The molecule has 2 aromatic carbocycles. The number of carbonyl (C=O) groups is 1. The van der Waals surface area contributed by atoms with E-state index in [-0.39, 0.29) is 11.5 Å². The van der Waals surface area contributed by atoms with E-state index in [0.717, 1.165) is 5.56 Å². The van der Waals surface area contributed by atoms with E-state index in [9.17, 15) is 13.2 Å². The highest BCUT2D eigenvalue weighted by molar-refractivity contribution is 7.89. The first-order valence-electron chi connectivity index (χ1n) is 8.15. The topological polar surface area (TPSA) is 72.5 Å². The van der Waals surface area contributed by atoms with Crippen molar-refractivity contribution in [2.24, 2.45) is 5.92 Å². The molecule has 0 spiro atoms. The number of aryl methyl sites for hydroxylation is 1. The smallest absolute Gasteiger partial charge is 0.310 e. The average Bonchev–Trinajstić information content (AvgIpc) is 2.60. The van der Waals surface area contributed by atoms with Crippen LogP contribution in [0.4, 0.5) is 0 Å². The molecule has 1 N–H and O–H groups in total. The number of hydrogen-bond acceptors (Lipinski definition) is 4. The summed E-state index contributed by atoms with van der Waals surface area (Å²) in [5.41, 5.74) is 1.68. The Bertz CT molecular complexity index is 801. The van der Waals surface area contributed by atoms with Gasteiger partial charge < -0.3 is 4.74 Å². The lowest BCUT2D eigenvalue weighted by Gasteiger charge is -2.24. The van der Waals surface area contributed by atoms with Gasteiger partial charge in [-0.3, -0.25) is 4.79 Å². The first-order valence-corrected chi connectivity index (χ1v) is 9.64. The van der Waals surface area contributed by atoms with Crippen molar-refractivity contribution in [1.29, 1.82) is 0 Å². The van der Waals surface area contributed by atoms with Crippen LogP contribution >= 0.6 is 0 Å². The first kappa shape index (κ1) is 19.1. The molecular formula is C19H23NO4S. The molecule has 2 aromatic rings. The number of esters is 1. The van der Waals surface area contributed by atoms with E-state index in [1.807, 2.05) is 13.0 Å². The van der Waals surface area contributed by atoms with Gasteiger partial charge in [-0.15, -0.1) is 0 Å². The van der Waals surface area contributed by atoms with Crippen molar-refractivity contribution in [3.63, 3.8) is 0 Å². The number of sulfonamides is 1. The van der Waals surface area contributed by atoms with Gasteiger partial charge in [0.2, 0.25) is 10.0 Å². The van der Waals surface area contributed by atoms with E-state index in [0.29, 0.717) is 5.56 Å². The van der Waals surface area contributed by atoms with Crippen LogP contribution in [-0.2, 0) is 19.6 Å². The minimum absolute atomic E-state index is 0.162. The lowest BCUT2D eigenvalue weighted by Crippen LogP contribution is -2.36. The summed E-state index contributed by atoms with van der Waals surface area (Å²) in [6, 6.07) is 14.9. The van der Waals surface area contributed by atoms with Gasteiger partial charge in [0.25, 0.3) is 0 Å². The number of hydrogen-bond donors (Lipinski definition) is 1. The van der Waals surface area contributed by atoms with Crippen LogP contribution in [0.3, 0.4) is 0 Å². The Morgan fingerprint density at radius 3 is 2.24 bits per heavy atom. The highest BCUT2D eigenvalue weighted by atomic mass is 32.2. The Morgan fingerprint density at radius 2 is 1.68 bits per heavy atom. The fourth-order valence-electron chi connectivity index (χ4n) is 2.48. The Hall–Kier alpha value is -2.18. The predicted octanol–water partition coefficient (Wildman–Crippen LogP) is 3.21. The van der Waals surface area contributed by atoms with Gasteiger partial charge in [-0.1, -0.05) is 55.0 Å². The summed E-state index contributed by atoms with van der Waals surface area (Å²) in [7, 11) is -3.78. The van der Waals surface area contributed by atoms with Gasteiger partial charge in [-0.25, -0.2) is 13.1 Å². The molecule has 134 valence electrons. The largest absolute Gasteiger partial charge is 0.466 e. The lowest BCUT2D eigenvalue weighted by atomic mass is 9.95. The lowest BCUT2D eigenvalue weighted by molar-refractivity contribution is -0.148. The Balaban J connectivity index is 2.35. The second-order valence-corrected chi connectivity index (χ2v) is 7.58. The molecule has 0 aliphatic carbocycles. The van der Waals surface area contributed by atoms with Gasteiger partial charge in [0.15, 0.2) is 0 Å². The average molecular weight is 361 g/mol. The van der Waals surface area contributed by atoms with E-state index in [4.69, 9.17) is 4.74 Å². The third kappa shape index (κ3) is 4.90. The molecule has 0 aromatic heterocycles. The molecule has 0 amide bonds. The summed E-state index contributed by atoms with van der Waals surface area (Å²) in [5.74, 6) is -1.11. The van der Waals surface area contributed by atoms with Gasteiger partial charge >= 0.3 is 5.97 Å². The molecule has 6 heteroatoms. The Kier molecular flexibility index (Phi) is 6.33. The maximum absolute atomic E-state index is 12.7. The standard InChI is InChI=1S/C19H23NO4S/c1-4-24-19(21)15(3)18(16-8-6-5-7-9-16)20-25(22,23)17-12-10-14(2)11-13-17/h5-13,15,18,20H,4H2,1-3H3/t15-,18+/m0/s1. The maximum atomic E-state index is 12.7. The Labute approximate surface area is 149 Å². The van der Waals surface area contributed by atoms with E-state index < -0.39 is 28.0 Å². The summed E-state index contributed by atoms with van der Waals surface area (Å²) in [6.07, 6.45) is 0. The number of nitrogens with one attached hydrogen (secondary N) is 1. The second kappa shape index (κ2) is 8.27. The van der Waals surface area contributed by atoms with Gasteiger partial charge in [0.05, 0.1) is 23.5 Å². The molecule has 0 bridgehead atoms.